The van der Waals surface area contributed by atoms with Crippen LogP contribution < -0.4 is 5.32 Å². The van der Waals surface area contributed by atoms with Crippen LogP contribution in [0.25, 0.3) is 0 Å². The van der Waals surface area contributed by atoms with Crippen LogP contribution in [0.2, 0.25) is 0 Å². The molecule has 1 amide bonds. The number of carbonyl (C=O) groups excluding carboxylic acids is 1. The number of nitrogens with zero attached hydrogens (tertiary/aromatic N) is 3. The zero-order chi connectivity index (χ0) is 19.5. The summed E-state index contributed by atoms with van der Waals surface area (Å²) in [6.45, 7) is 3.69. The van der Waals surface area contributed by atoms with Gasteiger partial charge in [-0.1, -0.05) is 30.3 Å². The van der Waals surface area contributed by atoms with Gasteiger partial charge in [-0.25, -0.2) is 4.79 Å². The summed E-state index contributed by atoms with van der Waals surface area (Å²) in [4.78, 5) is 20.7. The zero-order valence-electron chi connectivity index (χ0n) is 15.8. The molecule has 1 N–H and O–H groups in total. The van der Waals surface area contributed by atoms with E-state index in [0.717, 1.165) is 37.2 Å². The van der Waals surface area contributed by atoms with Crippen molar-refractivity contribution in [3.05, 3.63) is 60.4 Å². The summed E-state index contributed by atoms with van der Waals surface area (Å²) in [5.74, 6) is 0. The van der Waals surface area contributed by atoms with Crippen molar-refractivity contribution >= 4 is 29.1 Å². The zero-order valence-corrected chi connectivity index (χ0v) is 16.6. The highest BCUT2D eigenvalue weighted by Gasteiger charge is 2.44. The molecule has 2 aliphatic rings. The average molecular weight is 397 g/mol. The van der Waals surface area contributed by atoms with Gasteiger partial charge in [0.2, 0.25) is 0 Å². The third-order valence-corrected chi connectivity index (χ3v) is 5.86. The van der Waals surface area contributed by atoms with Gasteiger partial charge in [-0.3, -0.25) is 9.88 Å². The molecule has 0 spiro atoms. The maximum absolute atomic E-state index is 12.6. The molecule has 0 radical (unpaired) electrons. The summed E-state index contributed by atoms with van der Waals surface area (Å²) in [6, 6.07) is 14.0. The lowest BCUT2D eigenvalue weighted by atomic mass is 9.98. The van der Waals surface area contributed by atoms with E-state index in [1.54, 1.807) is 12.4 Å². The molecule has 0 aliphatic carbocycles. The predicted molar refractivity (Wildman–Crippen MR) is 112 cm³/mol. The van der Waals surface area contributed by atoms with Gasteiger partial charge >= 0.3 is 6.09 Å². The first kappa shape index (κ1) is 18.7. The average Bonchev–Trinajstić information content (AvgIpc) is 3.03. The molecule has 0 saturated carbocycles. The van der Waals surface area contributed by atoms with E-state index in [2.05, 4.69) is 22.1 Å². The minimum Gasteiger partial charge on any atom is -0.439 e. The monoisotopic (exact) mass is 396 g/mol. The number of hydrogen-bond acceptors (Lipinski definition) is 4. The number of anilines is 1. The van der Waals surface area contributed by atoms with E-state index in [1.165, 1.54) is 0 Å². The Labute approximate surface area is 170 Å². The van der Waals surface area contributed by atoms with Gasteiger partial charge in [0, 0.05) is 25.3 Å². The first-order chi connectivity index (χ1) is 13.6. The molecule has 1 aromatic heterocycles. The standard InChI is InChI=1S/C21H24N4O2S/c1-15-19(16-6-3-2-4-7-16)27-21(26)25(15)18-9-12-24(13-10-18)20(28)23-17-8-5-11-22-14-17/h2-8,11,14-15,18-19H,9-10,12-13H2,1H3,(H,23,28). The Kier molecular flexibility index (Phi) is 5.43. The number of carbonyl (C=O) groups is 1. The van der Waals surface area contributed by atoms with Crippen molar-refractivity contribution in [2.24, 2.45) is 0 Å². The van der Waals surface area contributed by atoms with Gasteiger partial charge in [-0.15, -0.1) is 0 Å². The van der Waals surface area contributed by atoms with Crippen LogP contribution in [0.3, 0.4) is 0 Å². The number of ether oxygens (including phenoxy) is 1. The van der Waals surface area contributed by atoms with Crippen LogP contribution in [-0.2, 0) is 4.74 Å². The van der Waals surface area contributed by atoms with Gasteiger partial charge in [0.05, 0.1) is 17.9 Å². The van der Waals surface area contributed by atoms with E-state index in [9.17, 15) is 4.79 Å². The van der Waals surface area contributed by atoms with Gasteiger partial charge in [0.25, 0.3) is 0 Å². The number of likely N-dealkylation sites (tertiary alicyclic amines) is 1. The fraction of sp³-hybridized carbons (Fsp3) is 0.381. The number of aromatic nitrogens is 1. The highest BCUT2D eigenvalue weighted by Crippen LogP contribution is 2.35. The van der Waals surface area contributed by atoms with Gasteiger partial charge in [0.1, 0.15) is 6.10 Å². The first-order valence-electron chi connectivity index (χ1n) is 9.63. The Morgan fingerprint density at radius 2 is 1.93 bits per heavy atom. The van der Waals surface area contributed by atoms with Crippen molar-refractivity contribution in [1.82, 2.24) is 14.8 Å². The van der Waals surface area contributed by atoms with E-state index < -0.39 is 0 Å². The van der Waals surface area contributed by atoms with E-state index in [1.807, 2.05) is 47.4 Å². The highest BCUT2D eigenvalue weighted by molar-refractivity contribution is 7.80. The molecule has 2 aliphatic heterocycles. The summed E-state index contributed by atoms with van der Waals surface area (Å²) >= 11 is 5.54. The molecule has 146 valence electrons. The molecular weight excluding hydrogens is 372 g/mol. The largest absolute Gasteiger partial charge is 0.439 e. The number of nitrogens with one attached hydrogen (secondary N) is 1. The number of pyridine rings is 1. The molecule has 4 rings (SSSR count). The number of hydrogen-bond donors (Lipinski definition) is 1. The van der Waals surface area contributed by atoms with Crippen molar-refractivity contribution in [2.45, 2.75) is 38.0 Å². The number of rotatable bonds is 3. The summed E-state index contributed by atoms with van der Waals surface area (Å²) < 4.78 is 5.71. The van der Waals surface area contributed by atoms with Gasteiger partial charge in [0.15, 0.2) is 5.11 Å². The summed E-state index contributed by atoms with van der Waals surface area (Å²) in [5, 5.41) is 3.93. The van der Waals surface area contributed by atoms with Crippen LogP contribution in [0.15, 0.2) is 54.9 Å². The van der Waals surface area contributed by atoms with Crippen LogP contribution >= 0.6 is 12.2 Å². The van der Waals surface area contributed by atoms with Crippen molar-refractivity contribution in [2.75, 3.05) is 18.4 Å². The second-order valence-electron chi connectivity index (χ2n) is 7.25. The Morgan fingerprint density at radius 3 is 2.61 bits per heavy atom. The maximum Gasteiger partial charge on any atom is 0.411 e. The van der Waals surface area contributed by atoms with Crippen molar-refractivity contribution in [1.29, 1.82) is 0 Å². The van der Waals surface area contributed by atoms with Gasteiger partial charge in [-0.2, -0.15) is 0 Å². The van der Waals surface area contributed by atoms with Crippen LogP contribution in [0.4, 0.5) is 10.5 Å². The number of amides is 1. The lowest BCUT2D eigenvalue weighted by Crippen LogP contribution is -2.50. The van der Waals surface area contributed by atoms with Crippen LogP contribution in [0.1, 0.15) is 31.4 Å². The lowest BCUT2D eigenvalue weighted by molar-refractivity contribution is 0.120. The SMILES string of the molecule is CC1C(c2ccccc2)OC(=O)N1C1CCN(C(=S)Nc2cccnc2)CC1. The minimum atomic E-state index is -0.212. The van der Waals surface area contributed by atoms with Crippen molar-refractivity contribution in [3.63, 3.8) is 0 Å². The summed E-state index contributed by atoms with van der Waals surface area (Å²) in [7, 11) is 0. The molecule has 6 nitrogen and oxygen atoms in total. The smallest absolute Gasteiger partial charge is 0.411 e. The molecule has 0 bridgehead atoms. The molecule has 7 heteroatoms. The number of cyclic esters (lactones) is 1. The second-order valence-corrected chi connectivity index (χ2v) is 7.64. The summed E-state index contributed by atoms with van der Waals surface area (Å²) in [6.07, 6.45) is 4.81. The Balaban J connectivity index is 1.36. The van der Waals surface area contributed by atoms with Crippen molar-refractivity contribution in [3.8, 4) is 0 Å². The highest BCUT2D eigenvalue weighted by atomic mass is 32.1. The third-order valence-electron chi connectivity index (χ3n) is 5.50. The first-order valence-corrected chi connectivity index (χ1v) is 10.0. The molecule has 2 fully saturated rings. The lowest BCUT2D eigenvalue weighted by Gasteiger charge is -2.38. The molecule has 2 saturated heterocycles. The maximum atomic E-state index is 12.6. The number of piperidine rings is 1. The molecule has 28 heavy (non-hydrogen) atoms. The molecule has 2 unspecified atom stereocenters. The minimum absolute atomic E-state index is 0.0203. The Hall–Kier alpha value is -2.67. The Bertz CT molecular complexity index is 825. The molecule has 2 atom stereocenters. The fourth-order valence-corrected chi connectivity index (χ4v) is 4.34. The van der Waals surface area contributed by atoms with Crippen LogP contribution in [-0.4, -0.2) is 51.2 Å². The normalized spacial score (nSPS) is 22.8. The fourth-order valence-electron chi connectivity index (χ4n) is 4.04. The summed E-state index contributed by atoms with van der Waals surface area (Å²) in [5.41, 5.74) is 1.93. The van der Waals surface area contributed by atoms with E-state index in [-0.39, 0.29) is 24.3 Å². The molecule has 3 heterocycles. The molecule has 2 aromatic rings. The quantitative estimate of drug-likeness (QED) is 0.796. The topological polar surface area (TPSA) is 57.7 Å². The van der Waals surface area contributed by atoms with E-state index in [4.69, 9.17) is 17.0 Å². The van der Waals surface area contributed by atoms with Crippen LogP contribution in [0.5, 0.6) is 0 Å². The third kappa shape index (κ3) is 3.80. The van der Waals surface area contributed by atoms with Crippen molar-refractivity contribution < 1.29 is 9.53 Å². The van der Waals surface area contributed by atoms with Crippen LogP contribution in [0, 0.1) is 0 Å². The second kappa shape index (κ2) is 8.14. The van der Waals surface area contributed by atoms with Gasteiger partial charge in [-0.05, 0) is 49.7 Å². The number of thiocarbonyl (C=S) groups is 1. The molecular formula is C21H24N4O2S. The predicted octanol–water partition coefficient (Wildman–Crippen LogP) is 3.82. The van der Waals surface area contributed by atoms with Gasteiger partial charge < -0.3 is 15.0 Å². The van der Waals surface area contributed by atoms with E-state index in [0.29, 0.717) is 5.11 Å². The van der Waals surface area contributed by atoms with E-state index >= 15 is 0 Å². The molecule has 1 aromatic carbocycles. The Morgan fingerprint density at radius 1 is 1.18 bits per heavy atom. The number of benzene rings is 1.